The Morgan fingerprint density at radius 1 is 1.17 bits per heavy atom. The quantitative estimate of drug-likeness (QED) is 0.669. The van der Waals surface area contributed by atoms with Gasteiger partial charge in [0.05, 0.1) is 11.8 Å². The number of carbonyl (C=O) groups is 2. The zero-order valence-electron chi connectivity index (χ0n) is 13.0. The highest BCUT2D eigenvalue weighted by molar-refractivity contribution is 8.47. The lowest BCUT2D eigenvalue weighted by atomic mass is 9.83. The summed E-state index contributed by atoms with van der Waals surface area (Å²) >= 11 is 8.19. The van der Waals surface area contributed by atoms with Gasteiger partial charge in [0.1, 0.15) is 3.53 Å². The zero-order valence-corrected chi connectivity index (χ0v) is 15.4. The van der Waals surface area contributed by atoms with Crippen LogP contribution in [0.1, 0.15) is 24.8 Å². The van der Waals surface area contributed by atoms with Crippen molar-refractivity contribution >= 4 is 51.2 Å². The van der Waals surface area contributed by atoms with Crippen LogP contribution in [-0.2, 0) is 9.59 Å². The third-order valence-electron chi connectivity index (χ3n) is 3.69. The van der Waals surface area contributed by atoms with Gasteiger partial charge in [0.25, 0.3) is 0 Å². The van der Waals surface area contributed by atoms with Crippen LogP contribution in [0.4, 0.5) is 0 Å². The maximum atomic E-state index is 11.5. The van der Waals surface area contributed by atoms with E-state index >= 15 is 0 Å². The Kier molecular flexibility index (Phi) is 8.65. The van der Waals surface area contributed by atoms with E-state index in [1.165, 1.54) is 30.4 Å². The molecule has 0 saturated heterocycles. The number of hydrogen-bond acceptors (Lipinski definition) is 5. The van der Waals surface area contributed by atoms with E-state index in [1.807, 2.05) is 36.6 Å². The molecule has 0 amide bonds. The lowest BCUT2D eigenvalue weighted by Gasteiger charge is -2.23. The fraction of sp³-hybridized carbons (Fsp3) is 0.438. The number of carboxylic acids is 2. The molecule has 0 radical (unpaired) electrons. The lowest BCUT2D eigenvalue weighted by molar-refractivity contribution is -0.153. The van der Waals surface area contributed by atoms with E-state index in [1.54, 1.807) is 0 Å². The summed E-state index contributed by atoms with van der Waals surface area (Å²) in [5.41, 5.74) is 1.01. The highest BCUT2D eigenvalue weighted by Gasteiger charge is 2.32. The minimum Gasteiger partial charge on any atom is -0.481 e. The monoisotopic (exact) mass is 372 g/mol. The van der Waals surface area contributed by atoms with Crippen LogP contribution in [-0.4, -0.2) is 37.7 Å². The zero-order chi connectivity index (χ0) is 17.4. The molecule has 0 aliphatic heterocycles. The molecule has 0 spiro atoms. The van der Waals surface area contributed by atoms with Gasteiger partial charge in [-0.2, -0.15) is 0 Å². The molecule has 1 aromatic rings. The summed E-state index contributed by atoms with van der Waals surface area (Å²) in [5.74, 6) is -3.44. The van der Waals surface area contributed by atoms with Crippen LogP contribution < -0.4 is 0 Å². The van der Waals surface area contributed by atoms with Gasteiger partial charge >= 0.3 is 11.9 Å². The summed E-state index contributed by atoms with van der Waals surface area (Å²) in [6.45, 7) is 1.45. The average molecular weight is 373 g/mol. The maximum Gasteiger partial charge on any atom is 0.307 e. The highest BCUT2D eigenvalue weighted by Crippen LogP contribution is 2.32. The molecule has 2 N–H and O–H groups in total. The van der Waals surface area contributed by atoms with Crippen molar-refractivity contribution in [1.82, 2.24) is 0 Å². The van der Waals surface area contributed by atoms with Crippen LogP contribution in [0.15, 0.2) is 30.3 Å². The van der Waals surface area contributed by atoms with E-state index < -0.39 is 23.8 Å². The van der Waals surface area contributed by atoms with Crippen molar-refractivity contribution in [3.05, 3.63) is 35.9 Å². The first-order valence-electron chi connectivity index (χ1n) is 7.08. The van der Waals surface area contributed by atoms with Crippen molar-refractivity contribution in [2.45, 2.75) is 19.3 Å². The predicted octanol–water partition coefficient (Wildman–Crippen LogP) is 3.96. The molecule has 0 aromatic heterocycles. The van der Waals surface area contributed by atoms with E-state index in [0.717, 1.165) is 9.09 Å². The Morgan fingerprint density at radius 3 is 2.26 bits per heavy atom. The lowest BCUT2D eigenvalue weighted by Crippen LogP contribution is -2.29. The van der Waals surface area contributed by atoms with Crippen molar-refractivity contribution in [2.75, 3.05) is 12.0 Å². The Bertz CT molecular complexity index is 548. The summed E-state index contributed by atoms with van der Waals surface area (Å²) < 4.78 is 0.795. The molecule has 7 heteroatoms. The normalized spacial score (nSPS) is 14.7. The first kappa shape index (κ1) is 20.0. The molecule has 4 nitrogen and oxygen atoms in total. The number of thiocarbonyl (C=S) groups is 1. The third kappa shape index (κ3) is 6.53. The third-order valence-corrected chi connectivity index (χ3v) is 6.53. The van der Waals surface area contributed by atoms with E-state index in [-0.39, 0.29) is 12.3 Å². The summed E-state index contributed by atoms with van der Waals surface area (Å²) in [6.07, 6.45) is 2.18. The van der Waals surface area contributed by atoms with Crippen LogP contribution in [0.2, 0.25) is 0 Å². The first-order valence-corrected chi connectivity index (χ1v) is 9.70. The van der Waals surface area contributed by atoms with Crippen molar-refractivity contribution < 1.29 is 19.8 Å². The molecule has 0 aliphatic carbocycles. The number of rotatable bonds is 8. The summed E-state index contributed by atoms with van der Waals surface area (Å²) in [5, 5.41) is 18.6. The predicted molar refractivity (Wildman–Crippen MR) is 100 cm³/mol. The molecule has 0 heterocycles. The topological polar surface area (TPSA) is 74.6 Å². The smallest absolute Gasteiger partial charge is 0.307 e. The van der Waals surface area contributed by atoms with Gasteiger partial charge in [-0.3, -0.25) is 9.59 Å². The van der Waals surface area contributed by atoms with Gasteiger partial charge in [-0.15, -0.1) is 23.5 Å². The molecular weight excluding hydrogens is 352 g/mol. The summed E-state index contributed by atoms with van der Waals surface area (Å²) in [4.78, 5) is 22.7. The molecule has 126 valence electrons. The molecule has 3 atom stereocenters. The van der Waals surface area contributed by atoms with Crippen LogP contribution in [0.3, 0.4) is 0 Å². The average Bonchev–Trinajstić information content (AvgIpc) is 2.54. The van der Waals surface area contributed by atoms with E-state index in [9.17, 15) is 14.7 Å². The molecule has 0 saturated carbocycles. The Hall–Kier alpha value is -1.05. The molecule has 0 aliphatic rings. The molecule has 1 aromatic carbocycles. The van der Waals surface area contributed by atoms with Gasteiger partial charge in [-0.1, -0.05) is 49.5 Å². The second-order valence-corrected chi connectivity index (χ2v) is 8.21. The molecule has 1 rings (SSSR count). The van der Waals surface area contributed by atoms with E-state index in [2.05, 4.69) is 0 Å². The van der Waals surface area contributed by atoms with E-state index in [4.69, 9.17) is 17.3 Å². The van der Waals surface area contributed by atoms with Gasteiger partial charge in [0.2, 0.25) is 0 Å². The van der Waals surface area contributed by atoms with Crippen LogP contribution in [0, 0.1) is 11.8 Å². The molecule has 23 heavy (non-hydrogen) atoms. The number of hydrogen-bond donors (Lipinski definition) is 2. The van der Waals surface area contributed by atoms with Gasteiger partial charge in [0, 0.05) is 5.75 Å². The van der Waals surface area contributed by atoms with E-state index in [0.29, 0.717) is 5.75 Å². The molecular formula is C16H20O4S3. The van der Waals surface area contributed by atoms with Gasteiger partial charge in [0.15, 0.2) is 0 Å². The van der Waals surface area contributed by atoms with Gasteiger partial charge in [-0.25, -0.2) is 0 Å². The second-order valence-electron chi connectivity index (χ2n) is 5.18. The van der Waals surface area contributed by atoms with Crippen LogP contribution in [0.25, 0.3) is 0 Å². The fourth-order valence-corrected chi connectivity index (χ4v) is 3.80. The van der Waals surface area contributed by atoms with Gasteiger partial charge in [-0.05, 0) is 24.2 Å². The van der Waals surface area contributed by atoms with Crippen molar-refractivity contribution in [1.29, 1.82) is 0 Å². The second kappa shape index (κ2) is 9.95. The number of benzene rings is 1. The molecule has 3 unspecified atom stereocenters. The van der Waals surface area contributed by atoms with Crippen LogP contribution >= 0.6 is 35.7 Å². The number of carboxylic acid groups (broad SMARTS) is 2. The SMILES string of the molecule is CSC(=S)SCC(CC(C(=O)O)C(C)C(=O)O)c1ccccc1. The maximum absolute atomic E-state index is 11.5. The summed E-state index contributed by atoms with van der Waals surface area (Å²) in [7, 11) is 0. The minimum atomic E-state index is -1.09. The minimum absolute atomic E-state index is 0.0609. The Morgan fingerprint density at radius 2 is 1.78 bits per heavy atom. The first-order chi connectivity index (χ1) is 10.9. The van der Waals surface area contributed by atoms with Gasteiger partial charge < -0.3 is 10.2 Å². The van der Waals surface area contributed by atoms with Crippen molar-refractivity contribution in [2.24, 2.45) is 11.8 Å². The number of thioether (sulfide) groups is 2. The van der Waals surface area contributed by atoms with Crippen molar-refractivity contribution in [3.8, 4) is 0 Å². The standard InChI is InChI=1S/C16H20O4S3/c1-10(14(17)18)13(15(19)20)8-12(9-23-16(21)22-2)11-6-4-3-5-7-11/h3-7,10,12-13H,8-9H2,1-2H3,(H,17,18)(H,19,20). The highest BCUT2D eigenvalue weighted by atomic mass is 32.2. The number of aliphatic carboxylic acids is 2. The van der Waals surface area contributed by atoms with Crippen LogP contribution in [0.5, 0.6) is 0 Å². The molecule has 0 fully saturated rings. The summed E-state index contributed by atoms with van der Waals surface area (Å²) in [6, 6.07) is 9.58. The Balaban J connectivity index is 2.96. The van der Waals surface area contributed by atoms with Crippen molar-refractivity contribution in [3.63, 3.8) is 0 Å². The Labute approximate surface area is 150 Å². The molecule has 0 bridgehead atoms. The largest absolute Gasteiger partial charge is 0.481 e. The fourth-order valence-electron chi connectivity index (χ4n) is 2.25.